The predicted octanol–water partition coefficient (Wildman–Crippen LogP) is 3.38. The van der Waals surface area contributed by atoms with Crippen LogP contribution in [0.3, 0.4) is 0 Å². The molecule has 19 heavy (non-hydrogen) atoms. The highest BCUT2D eigenvalue weighted by Crippen LogP contribution is 2.29. The molecule has 0 spiro atoms. The van der Waals surface area contributed by atoms with Gasteiger partial charge in [0.2, 0.25) is 0 Å². The van der Waals surface area contributed by atoms with E-state index in [0.29, 0.717) is 6.42 Å². The van der Waals surface area contributed by atoms with Crippen LogP contribution in [0, 0.1) is 5.92 Å². The van der Waals surface area contributed by atoms with E-state index >= 15 is 0 Å². The molecule has 2 atom stereocenters. The highest BCUT2D eigenvalue weighted by atomic mass is 16.3. The van der Waals surface area contributed by atoms with Crippen molar-refractivity contribution in [1.82, 2.24) is 0 Å². The minimum Gasteiger partial charge on any atom is -0.378 e. The Bertz CT molecular complexity index is 513. The minimum absolute atomic E-state index is 0.0883. The van der Waals surface area contributed by atoms with Gasteiger partial charge in [-0.3, -0.25) is 4.79 Å². The Kier molecular flexibility index (Phi) is 4.01. The second-order valence-corrected chi connectivity index (χ2v) is 5.16. The number of ketones is 1. The van der Waals surface area contributed by atoms with Crippen LogP contribution in [0.2, 0.25) is 0 Å². The molecule has 0 fully saturated rings. The van der Waals surface area contributed by atoms with Crippen molar-refractivity contribution in [3.8, 4) is 0 Å². The normalized spacial score (nSPS) is 23.8. The van der Waals surface area contributed by atoms with E-state index in [1.165, 1.54) is 0 Å². The summed E-state index contributed by atoms with van der Waals surface area (Å²) in [5.41, 5.74) is 0.840. The Morgan fingerprint density at radius 3 is 2.58 bits per heavy atom. The van der Waals surface area contributed by atoms with Crippen molar-refractivity contribution in [2.45, 2.75) is 32.3 Å². The summed E-state index contributed by atoms with van der Waals surface area (Å²) in [5.74, 6) is -0.198. The summed E-state index contributed by atoms with van der Waals surface area (Å²) in [6.07, 6.45) is 6.54. The van der Waals surface area contributed by atoms with Gasteiger partial charge < -0.3 is 5.11 Å². The lowest BCUT2D eigenvalue weighted by molar-refractivity contribution is -0.136. The van der Waals surface area contributed by atoms with E-state index in [9.17, 15) is 9.90 Å². The van der Waals surface area contributed by atoms with Crippen molar-refractivity contribution in [3.63, 3.8) is 0 Å². The molecule has 100 valence electrons. The average molecular weight is 256 g/mol. The van der Waals surface area contributed by atoms with Crippen molar-refractivity contribution in [2.24, 2.45) is 5.92 Å². The molecule has 2 rings (SSSR count). The molecule has 0 saturated carbocycles. The molecule has 1 aliphatic carbocycles. The second-order valence-electron chi connectivity index (χ2n) is 5.16. The molecule has 2 heteroatoms. The second kappa shape index (κ2) is 5.54. The Balaban J connectivity index is 2.16. The largest absolute Gasteiger partial charge is 0.378 e. The van der Waals surface area contributed by atoms with Crippen LogP contribution in [0.5, 0.6) is 0 Å². The van der Waals surface area contributed by atoms with Gasteiger partial charge in [0.25, 0.3) is 0 Å². The van der Waals surface area contributed by atoms with Gasteiger partial charge >= 0.3 is 0 Å². The fourth-order valence-electron chi connectivity index (χ4n) is 2.27. The van der Waals surface area contributed by atoms with E-state index < -0.39 is 5.60 Å². The van der Waals surface area contributed by atoms with Crippen LogP contribution in [0.15, 0.2) is 48.6 Å². The number of carbonyl (C=O) groups excluding carboxylic acids is 1. The smallest absolute Gasteiger partial charge is 0.171 e. The zero-order chi connectivity index (χ0) is 13.9. The van der Waals surface area contributed by atoms with Gasteiger partial charge in [0.15, 0.2) is 5.78 Å². The third kappa shape index (κ3) is 2.85. The first-order chi connectivity index (χ1) is 9.07. The average Bonchev–Trinajstić information content (AvgIpc) is 2.47. The number of benzene rings is 1. The molecule has 0 bridgehead atoms. The SMILES string of the molecule is CCC(C)C(=O)C1(O)C=CC(c2ccccc2)=CC1. The molecular weight excluding hydrogens is 236 g/mol. The van der Waals surface area contributed by atoms with Crippen LogP contribution in [0.1, 0.15) is 32.3 Å². The molecule has 0 aromatic heterocycles. The number of aliphatic hydroxyl groups is 1. The number of carbonyl (C=O) groups is 1. The lowest BCUT2D eigenvalue weighted by Gasteiger charge is -2.27. The maximum Gasteiger partial charge on any atom is 0.171 e. The standard InChI is InChI=1S/C17H20O2/c1-3-13(2)16(18)17(19)11-9-15(10-12-17)14-7-5-4-6-8-14/h4-11,13,19H,3,12H2,1-2H3. The molecule has 0 heterocycles. The van der Waals surface area contributed by atoms with Crippen LogP contribution in [-0.4, -0.2) is 16.5 Å². The van der Waals surface area contributed by atoms with Crippen molar-refractivity contribution >= 4 is 11.4 Å². The molecular formula is C17H20O2. The summed E-state index contributed by atoms with van der Waals surface area (Å²) in [4.78, 5) is 12.2. The van der Waals surface area contributed by atoms with E-state index in [1.54, 1.807) is 6.08 Å². The Hall–Kier alpha value is -1.67. The van der Waals surface area contributed by atoms with Gasteiger partial charge in [0.05, 0.1) is 0 Å². The zero-order valence-electron chi connectivity index (χ0n) is 11.5. The third-order valence-corrected chi connectivity index (χ3v) is 3.77. The van der Waals surface area contributed by atoms with Gasteiger partial charge in [0, 0.05) is 12.3 Å². The van der Waals surface area contributed by atoms with Crippen LogP contribution in [-0.2, 0) is 4.79 Å². The van der Waals surface area contributed by atoms with Crippen LogP contribution < -0.4 is 0 Å². The minimum atomic E-state index is -1.33. The van der Waals surface area contributed by atoms with Crippen molar-refractivity contribution in [2.75, 3.05) is 0 Å². The van der Waals surface area contributed by atoms with Crippen molar-refractivity contribution in [1.29, 1.82) is 0 Å². The Labute approximate surface area is 114 Å². The first-order valence-electron chi connectivity index (χ1n) is 6.78. The maximum absolute atomic E-state index is 12.2. The summed E-state index contributed by atoms with van der Waals surface area (Å²) in [6, 6.07) is 9.98. The number of allylic oxidation sites excluding steroid dienone is 2. The van der Waals surface area contributed by atoms with Crippen molar-refractivity contribution in [3.05, 3.63) is 54.1 Å². The molecule has 0 aliphatic heterocycles. The highest BCUT2D eigenvalue weighted by Gasteiger charge is 2.35. The van der Waals surface area contributed by atoms with E-state index in [2.05, 4.69) is 0 Å². The summed E-state index contributed by atoms with van der Waals surface area (Å²) >= 11 is 0. The summed E-state index contributed by atoms with van der Waals surface area (Å²) in [5, 5.41) is 10.4. The number of hydrogen-bond acceptors (Lipinski definition) is 2. The molecule has 1 N–H and O–H groups in total. The molecule has 1 aromatic rings. The fraction of sp³-hybridized carbons (Fsp3) is 0.353. The Morgan fingerprint density at radius 1 is 1.37 bits per heavy atom. The monoisotopic (exact) mass is 256 g/mol. The zero-order valence-corrected chi connectivity index (χ0v) is 11.5. The lowest BCUT2D eigenvalue weighted by Crippen LogP contribution is -2.40. The highest BCUT2D eigenvalue weighted by molar-refractivity contribution is 5.93. The molecule has 1 aliphatic rings. The molecule has 0 amide bonds. The Morgan fingerprint density at radius 2 is 2.05 bits per heavy atom. The first kappa shape index (κ1) is 13.8. The van der Waals surface area contributed by atoms with Gasteiger partial charge in [0.1, 0.15) is 5.60 Å². The molecule has 2 nitrogen and oxygen atoms in total. The topological polar surface area (TPSA) is 37.3 Å². The number of hydrogen-bond donors (Lipinski definition) is 1. The van der Waals surface area contributed by atoms with E-state index in [4.69, 9.17) is 0 Å². The summed E-state index contributed by atoms with van der Waals surface area (Å²) in [7, 11) is 0. The number of Topliss-reactive ketones (excluding diaryl/α,β-unsaturated/α-hetero) is 1. The van der Waals surface area contributed by atoms with Gasteiger partial charge in [-0.25, -0.2) is 0 Å². The lowest BCUT2D eigenvalue weighted by atomic mass is 9.81. The summed E-state index contributed by atoms with van der Waals surface area (Å²) < 4.78 is 0. The quantitative estimate of drug-likeness (QED) is 0.896. The van der Waals surface area contributed by atoms with Crippen LogP contribution >= 0.6 is 0 Å². The predicted molar refractivity (Wildman–Crippen MR) is 77.6 cm³/mol. The van der Waals surface area contributed by atoms with Gasteiger partial charge in [-0.05, 0) is 23.6 Å². The summed E-state index contributed by atoms with van der Waals surface area (Å²) in [6.45, 7) is 3.83. The molecule has 2 unspecified atom stereocenters. The molecule has 0 saturated heterocycles. The maximum atomic E-state index is 12.2. The van der Waals surface area contributed by atoms with Gasteiger partial charge in [-0.1, -0.05) is 56.3 Å². The third-order valence-electron chi connectivity index (χ3n) is 3.77. The fourth-order valence-corrected chi connectivity index (χ4v) is 2.27. The van der Waals surface area contributed by atoms with E-state index in [0.717, 1.165) is 17.6 Å². The van der Waals surface area contributed by atoms with E-state index in [1.807, 2.05) is 56.3 Å². The molecule has 0 radical (unpaired) electrons. The van der Waals surface area contributed by atoms with Crippen LogP contribution in [0.4, 0.5) is 0 Å². The van der Waals surface area contributed by atoms with Crippen molar-refractivity contribution < 1.29 is 9.90 Å². The van der Waals surface area contributed by atoms with Gasteiger partial charge in [-0.2, -0.15) is 0 Å². The van der Waals surface area contributed by atoms with Crippen LogP contribution in [0.25, 0.3) is 5.57 Å². The molecule has 1 aromatic carbocycles. The first-order valence-corrected chi connectivity index (χ1v) is 6.78. The van der Waals surface area contributed by atoms with E-state index in [-0.39, 0.29) is 11.7 Å². The number of rotatable bonds is 4. The van der Waals surface area contributed by atoms with Gasteiger partial charge in [-0.15, -0.1) is 0 Å².